The fourth-order valence-corrected chi connectivity index (χ4v) is 6.66. The number of alkyl halides is 3. The molecule has 2 amide bonds. The van der Waals surface area contributed by atoms with Crippen molar-refractivity contribution in [2.45, 2.75) is 63.3 Å². The lowest BCUT2D eigenvalue weighted by atomic mass is 9.94. The molecule has 1 atom stereocenters. The van der Waals surface area contributed by atoms with Gasteiger partial charge in [0.2, 0.25) is 21.8 Å². The minimum atomic E-state index is -4.79. The number of anilines is 1. The molecule has 13 heteroatoms. The number of benzene rings is 3. The zero-order valence-electron chi connectivity index (χ0n) is 25.6. The van der Waals surface area contributed by atoms with Gasteiger partial charge in [-0.2, -0.15) is 13.2 Å². The van der Waals surface area contributed by atoms with Gasteiger partial charge < -0.3 is 15.0 Å². The normalized spacial score (nSPS) is 14.7. The van der Waals surface area contributed by atoms with Crippen LogP contribution in [-0.4, -0.2) is 57.1 Å². The highest BCUT2D eigenvalue weighted by molar-refractivity contribution is 7.92. The van der Waals surface area contributed by atoms with Crippen LogP contribution in [0.4, 0.5) is 18.9 Å². The Morgan fingerprint density at radius 2 is 1.65 bits per heavy atom. The molecule has 1 N–H and O–H groups in total. The van der Waals surface area contributed by atoms with Crippen LogP contribution in [0.15, 0.2) is 72.8 Å². The summed E-state index contributed by atoms with van der Waals surface area (Å²) in [7, 11) is -2.84. The van der Waals surface area contributed by atoms with Crippen LogP contribution in [0.2, 0.25) is 5.02 Å². The van der Waals surface area contributed by atoms with Gasteiger partial charge in [-0.15, -0.1) is 0 Å². The molecule has 0 aliphatic heterocycles. The first-order valence-electron chi connectivity index (χ1n) is 14.9. The smallest absolute Gasteiger partial charge is 0.416 e. The van der Waals surface area contributed by atoms with Gasteiger partial charge in [-0.1, -0.05) is 73.3 Å². The zero-order valence-corrected chi connectivity index (χ0v) is 27.2. The molecular formula is C33H37ClF3N3O5S. The van der Waals surface area contributed by atoms with Crippen molar-refractivity contribution in [1.29, 1.82) is 0 Å². The molecule has 0 spiro atoms. The lowest BCUT2D eigenvalue weighted by molar-refractivity contribution is -0.140. The summed E-state index contributed by atoms with van der Waals surface area (Å²) in [5.41, 5.74) is -0.273. The molecule has 0 aromatic heterocycles. The van der Waals surface area contributed by atoms with Crippen molar-refractivity contribution < 1.29 is 35.9 Å². The van der Waals surface area contributed by atoms with Crippen LogP contribution in [0.3, 0.4) is 0 Å². The van der Waals surface area contributed by atoms with Gasteiger partial charge in [0.1, 0.15) is 18.3 Å². The summed E-state index contributed by atoms with van der Waals surface area (Å²) in [4.78, 5) is 29.6. The second-order valence-corrected chi connectivity index (χ2v) is 13.7. The molecule has 1 saturated carbocycles. The number of nitrogens with one attached hydrogen (secondary N) is 1. The van der Waals surface area contributed by atoms with Crippen molar-refractivity contribution in [1.82, 2.24) is 10.2 Å². The van der Waals surface area contributed by atoms with E-state index in [1.807, 2.05) is 18.2 Å². The number of methoxy groups -OCH3 is 1. The third-order valence-corrected chi connectivity index (χ3v) is 9.38. The number of hydrogen-bond donors (Lipinski definition) is 1. The lowest BCUT2D eigenvalue weighted by Gasteiger charge is -2.35. The van der Waals surface area contributed by atoms with Gasteiger partial charge in [0, 0.05) is 19.0 Å². The summed E-state index contributed by atoms with van der Waals surface area (Å²) in [6.45, 7) is -1.01. The Bertz CT molecular complexity index is 1620. The predicted molar refractivity (Wildman–Crippen MR) is 171 cm³/mol. The van der Waals surface area contributed by atoms with Crippen molar-refractivity contribution in [2.24, 2.45) is 0 Å². The second kappa shape index (κ2) is 15.2. The molecule has 3 aromatic carbocycles. The van der Waals surface area contributed by atoms with Gasteiger partial charge in [-0.05, 0) is 54.3 Å². The molecule has 4 rings (SSSR count). The minimum Gasteiger partial charge on any atom is -0.497 e. The Morgan fingerprint density at radius 3 is 2.28 bits per heavy atom. The second-order valence-electron chi connectivity index (χ2n) is 11.4. The third-order valence-electron chi connectivity index (χ3n) is 7.93. The van der Waals surface area contributed by atoms with Crippen LogP contribution in [-0.2, 0) is 38.8 Å². The van der Waals surface area contributed by atoms with E-state index >= 15 is 0 Å². The van der Waals surface area contributed by atoms with Crippen molar-refractivity contribution in [3.8, 4) is 5.75 Å². The number of carbonyl (C=O) groups is 2. The van der Waals surface area contributed by atoms with Gasteiger partial charge >= 0.3 is 6.18 Å². The average molecular weight is 680 g/mol. The van der Waals surface area contributed by atoms with E-state index in [1.165, 1.54) is 12.0 Å². The summed E-state index contributed by atoms with van der Waals surface area (Å²) in [6.07, 6.45) is 0.679. The van der Waals surface area contributed by atoms with Crippen LogP contribution in [0.25, 0.3) is 0 Å². The maximum absolute atomic E-state index is 14.3. The molecular weight excluding hydrogens is 643 g/mol. The van der Waals surface area contributed by atoms with Gasteiger partial charge in [-0.25, -0.2) is 8.42 Å². The molecule has 3 aromatic rings. The fraction of sp³-hybridized carbons (Fsp3) is 0.394. The molecule has 1 aliphatic carbocycles. The van der Waals surface area contributed by atoms with E-state index in [4.69, 9.17) is 16.3 Å². The third kappa shape index (κ3) is 9.38. The Hall–Kier alpha value is -3.77. The molecule has 0 saturated heterocycles. The summed E-state index contributed by atoms with van der Waals surface area (Å²) in [6, 6.07) is 17.0. The Labute approximate surface area is 272 Å². The molecule has 1 aliphatic rings. The predicted octanol–water partition coefficient (Wildman–Crippen LogP) is 6.22. The van der Waals surface area contributed by atoms with Gasteiger partial charge in [0.05, 0.1) is 29.6 Å². The van der Waals surface area contributed by atoms with Gasteiger partial charge in [0.15, 0.2) is 0 Å². The summed E-state index contributed by atoms with van der Waals surface area (Å²) in [5, 5.41) is 2.81. The Kier molecular flexibility index (Phi) is 11.6. The number of sulfonamides is 1. The SMILES string of the molecule is COc1cccc(CN(C(=O)CN(c2cc(C(F)(F)F)ccc2Cl)S(C)(=O)=O)C(Cc2ccccc2)C(=O)NC2CCCCC2)c1. The van der Waals surface area contributed by atoms with E-state index in [9.17, 15) is 31.2 Å². The topological polar surface area (TPSA) is 96.0 Å². The van der Waals surface area contributed by atoms with Gasteiger partial charge in [-0.3, -0.25) is 13.9 Å². The van der Waals surface area contributed by atoms with E-state index in [0.29, 0.717) is 21.7 Å². The van der Waals surface area contributed by atoms with Crippen LogP contribution in [0, 0.1) is 0 Å². The zero-order chi connectivity index (χ0) is 33.5. The van der Waals surface area contributed by atoms with Crippen LogP contribution in [0.1, 0.15) is 48.8 Å². The van der Waals surface area contributed by atoms with Crippen molar-refractivity contribution in [2.75, 3.05) is 24.2 Å². The Morgan fingerprint density at radius 1 is 0.978 bits per heavy atom. The number of ether oxygens (including phenoxy) is 1. The van der Waals surface area contributed by atoms with E-state index in [0.717, 1.165) is 56.1 Å². The van der Waals surface area contributed by atoms with E-state index in [1.54, 1.807) is 36.4 Å². The average Bonchev–Trinajstić information content (AvgIpc) is 3.01. The molecule has 0 radical (unpaired) electrons. The molecule has 248 valence electrons. The molecule has 1 unspecified atom stereocenters. The quantitative estimate of drug-likeness (QED) is 0.245. The molecule has 0 heterocycles. The Balaban J connectivity index is 1.78. The number of rotatable bonds is 12. The highest BCUT2D eigenvalue weighted by Gasteiger charge is 2.36. The fourth-order valence-electron chi connectivity index (χ4n) is 5.54. The summed E-state index contributed by atoms with van der Waals surface area (Å²) in [5.74, 6) is -0.707. The molecule has 0 bridgehead atoms. The summed E-state index contributed by atoms with van der Waals surface area (Å²) >= 11 is 6.23. The highest BCUT2D eigenvalue weighted by Crippen LogP contribution is 2.36. The van der Waals surface area contributed by atoms with Gasteiger partial charge in [0.25, 0.3) is 0 Å². The van der Waals surface area contributed by atoms with Crippen molar-refractivity contribution in [3.63, 3.8) is 0 Å². The number of carbonyl (C=O) groups excluding carboxylic acids is 2. The van der Waals surface area contributed by atoms with Crippen molar-refractivity contribution in [3.05, 3.63) is 94.5 Å². The molecule has 8 nitrogen and oxygen atoms in total. The first kappa shape index (κ1) is 35.1. The lowest BCUT2D eigenvalue weighted by Crippen LogP contribution is -2.55. The van der Waals surface area contributed by atoms with Crippen LogP contribution in [0.5, 0.6) is 5.75 Å². The first-order chi connectivity index (χ1) is 21.8. The van der Waals surface area contributed by atoms with E-state index in [2.05, 4.69) is 5.32 Å². The first-order valence-corrected chi connectivity index (χ1v) is 17.1. The molecule has 46 heavy (non-hydrogen) atoms. The summed E-state index contributed by atoms with van der Waals surface area (Å²) < 4.78 is 72.8. The minimum absolute atomic E-state index is 0.0790. The maximum Gasteiger partial charge on any atom is 0.416 e. The van der Waals surface area contributed by atoms with Crippen molar-refractivity contribution >= 4 is 39.1 Å². The molecule has 1 fully saturated rings. The maximum atomic E-state index is 14.3. The number of nitrogens with zero attached hydrogens (tertiary/aromatic N) is 2. The van der Waals surface area contributed by atoms with E-state index < -0.39 is 51.9 Å². The van der Waals surface area contributed by atoms with E-state index in [-0.39, 0.29) is 24.0 Å². The largest absolute Gasteiger partial charge is 0.497 e. The highest BCUT2D eigenvalue weighted by atomic mass is 35.5. The van der Waals surface area contributed by atoms with Crippen LogP contribution >= 0.6 is 11.6 Å². The monoisotopic (exact) mass is 679 g/mol. The van der Waals surface area contributed by atoms with Crippen LogP contribution < -0.4 is 14.4 Å². The number of halogens is 4. The number of hydrogen-bond acceptors (Lipinski definition) is 5. The standard InChI is InChI=1S/C33H37ClF3N3O5S/c1-45-27-15-9-12-24(18-27)21-39(30(19-23-10-5-3-6-11-23)32(42)38-26-13-7-4-8-14-26)31(41)22-40(46(2,43)44)29-20-25(33(35,36)37)16-17-28(29)34/h3,5-6,9-12,15-18,20,26,30H,4,7-8,13-14,19,21-22H2,1-2H3,(H,38,42). The number of amides is 2.